The number of hydrogen-bond donors (Lipinski definition) is 0. The molecule has 3 aromatic rings. The molecule has 4 heterocycles. The van der Waals surface area contributed by atoms with Gasteiger partial charge in [-0.2, -0.15) is 0 Å². The third-order valence-corrected chi connectivity index (χ3v) is 8.10. The van der Waals surface area contributed by atoms with Crippen LogP contribution in [0.25, 0.3) is 5.57 Å². The van der Waals surface area contributed by atoms with Gasteiger partial charge in [-0.05, 0) is 44.0 Å². The highest BCUT2D eigenvalue weighted by molar-refractivity contribution is 7.07. The number of rotatable bonds is 6. The molecule has 0 spiro atoms. The number of carbonyl (C=O) groups excluding carboxylic acids is 2. The first-order valence-electron chi connectivity index (χ1n) is 13.0. The van der Waals surface area contributed by atoms with E-state index >= 15 is 0 Å². The molecule has 6 rings (SSSR count). The lowest BCUT2D eigenvalue weighted by molar-refractivity contribution is -0.139. The van der Waals surface area contributed by atoms with Crippen LogP contribution in [-0.4, -0.2) is 36.4 Å². The molecule has 1 atom stereocenters. The van der Waals surface area contributed by atoms with E-state index in [4.69, 9.17) is 19.2 Å². The fourth-order valence-corrected chi connectivity index (χ4v) is 6.49. The number of fused-ring (bicyclic) bond motifs is 3. The zero-order chi connectivity index (χ0) is 27.3. The van der Waals surface area contributed by atoms with Crippen LogP contribution in [0.4, 0.5) is 5.69 Å². The molecular weight excluding hydrogens is 518 g/mol. The van der Waals surface area contributed by atoms with Crippen molar-refractivity contribution >= 4 is 34.5 Å². The maximum absolute atomic E-state index is 14.3. The van der Waals surface area contributed by atoms with Gasteiger partial charge in [-0.3, -0.25) is 14.2 Å². The van der Waals surface area contributed by atoms with Crippen molar-refractivity contribution in [3.63, 3.8) is 0 Å². The van der Waals surface area contributed by atoms with Crippen molar-refractivity contribution < 1.29 is 23.8 Å². The van der Waals surface area contributed by atoms with Crippen molar-refractivity contribution in [2.75, 3.05) is 24.8 Å². The number of esters is 1. The molecule has 0 saturated heterocycles. The average Bonchev–Trinajstić information content (AvgIpc) is 3.61. The quantitative estimate of drug-likeness (QED) is 0.442. The number of amides is 1. The minimum atomic E-state index is -0.806. The molecular formula is C29H27N3O6S. The Hall–Kier alpha value is -4.18. The van der Waals surface area contributed by atoms with E-state index in [0.29, 0.717) is 61.8 Å². The van der Waals surface area contributed by atoms with Gasteiger partial charge >= 0.3 is 5.97 Å². The Bertz CT molecular complexity index is 1730. The number of carbonyl (C=O) groups is 2. The molecule has 2 aromatic carbocycles. The number of aromatic nitrogens is 1. The van der Waals surface area contributed by atoms with E-state index in [0.717, 1.165) is 12.1 Å². The van der Waals surface area contributed by atoms with Gasteiger partial charge < -0.3 is 19.1 Å². The normalized spacial score (nSPS) is 18.7. The van der Waals surface area contributed by atoms with E-state index in [1.165, 1.54) is 15.9 Å². The third kappa shape index (κ3) is 3.89. The molecule has 200 valence electrons. The standard InChI is InChI=1S/C29H27N3O6S/c1-4-9-18-23(28(35)36-6-3)24(16-12-13-20-21(14-16)38-15-37-20)32-27(34)25(39-29(32)30-18)22-17-10-7-8-11-19(17)31(5-2)26(22)33/h7-8,10-14,24H,4-6,9,15H2,1-3H3/b25-22+/t24-/m0/s1. The van der Waals surface area contributed by atoms with Gasteiger partial charge in [0.2, 0.25) is 6.79 Å². The Morgan fingerprint density at radius 3 is 2.67 bits per heavy atom. The Labute approximate surface area is 228 Å². The van der Waals surface area contributed by atoms with E-state index < -0.39 is 12.0 Å². The Morgan fingerprint density at radius 1 is 1.10 bits per heavy atom. The maximum Gasteiger partial charge on any atom is 0.338 e. The fraction of sp³-hybridized carbons (Fsp3) is 0.310. The molecule has 3 aliphatic rings. The number of thiazole rings is 1. The van der Waals surface area contributed by atoms with Crippen molar-refractivity contribution in [1.82, 2.24) is 4.57 Å². The second-order valence-corrected chi connectivity index (χ2v) is 10.3. The summed E-state index contributed by atoms with van der Waals surface area (Å²) in [6, 6.07) is 12.1. The Balaban J connectivity index is 1.66. The lowest BCUT2D eigenvalue weighted by atomic mass is 9.94. The second-order valence-electron chi connectivity index (χ2n) is 9.29. The van der Waals surface area contributed by atoms with E-state index in [1.54, 1.807) is 24.0 Å². The number of nitrogens with zero attached hydrogens (tertiary/aromatic N) is 3. The number of hydrogen-bond acceptors (Lipinski definition) is 8. The number of allylic oxidation sites excluding steroid dienone is 1. The molecule has 3 aliphatic heterocycles. The minimum absolute atomic E-state index is 0.0992. The predicted molar refractivity (Wildman–Crippen MR) is 146 cm³/mol. The van der Waals surface area contributed by atoms with Crippen molar-refractivity contribution in [3.8, 4) is 11.5 Å². The van der Waals surface area contributed by atoms with E-state index in [2.05, 4.69) is 0 Å². The third-order valence-electron chi connectivity index (χ3n) is 7.05. The summed E-state index contributed by atoms with van der Waals surface area (Å²) in [5.41, 5.74) is 3.02. The van der Waals surface area contributed by atoms with Crippen LogP contribution in [0.5, 0.6) is 11.5 Å². The summed E-state index contributed by atoms with van der Waals surface area (Å²) < 4.78 is 18.4. The minimum Gasteiger partial charge on any atom is -0.463 e. The molecule has 9 nitrogen and oxygen atoms in total. The molecule has 0 unspecified atom stereocenters. The molecule has 39 heavy (non-hydrogen) atoms. The van der Waals surface area contributed by atoms with Gasteiger partial charge in [-0.25, -0.2) is 9.79 Å². The summed E-state index contributed by atoms with van der Waals surface area (Å²) in [7, 11) is 0. The molecule has 1 amide bonds. The summed E-state index contributed by atoms with van der Waals surface area (Å²) in [5.74, 6) is 0.386. The number of likely N-dealkylation sites (N-methyl/N-ethyl adjacent to an activating group) is 1. The van der Waals surface area contributed by atoms with Gasteiger partial charge in [-0.15, -0.1) is 0 Å². The maximum atomic E-state index is 14.3. The first-order valence-corrected chi connectivity index (χ1v) is 13.8. The van der Waals surface area contributed by atoms with Gasteiger partial charge in [-0.1, -0.05) is 48.9 Å². The zero-order valence-electron chi connectivity index (χ0n) is 21.9. The summed E-state index contributed by atoms with van der Waals surface area (Å²) >= 11 is 1.18. The van der Waals surface area contributed by atoms with Crippen LogP contribution in [0.3, 0.4) is 0 Å². The zero-order valence-corrected chi connectivity index (χ0v) is 22.7. The topological polar surface area (TPSA) is 99.4 Å². The number of benzene rings is 2. The lowest BCUT2D eigenvalue weighted by Gasteiger charge is -2.25. The highest BCUT2D eigenvalue weighted by atomic mass is 32.1. The van der Waals surface area contributed by atoms with Crippen molar-refractivity contribution in [2.24, 2.45) is 4.99 Å². The van der Waals surface area contributed by atoms with Gasteiger partial charge in [0.05, 0.1) is 35.2 Å². The van der Waals surface area contributed by atoms with Crippen molar-refractivity contribution in [3.05, 3.63) is 84.5 Å². The first-order chi connectivity index (χ1) is 19.0. The van der Waals surface area contributed by atoms with E-state index in [-0.39, 0.29) is 24.9 Å². The second kappa shape index (κ2) is 9.85. The molecule has 1 aromatic heterocycles. The summed E-state index contributed by atoms with van der Waals surface area (Å²) in [6.45, 7) is 6.41. The fourth-order valence-electron chi connectivity index (χ4n) is 5.38. The predicted octanol–water partition coefficient (Wildman–Crippen LogP) is 3.04. The number of anilines is 1. The van der Waals surface area contributed by atoms with Gasteiger partial charge in [0.1, 0.15) is 4.53 Å². The Morgan fingerprint density at radius 2 is 1.90 bits per heavy atom. The van der Waals surface area contributed by atoms with Crippen molar-refractivity contribution in [2.45, 2.75) is 39.7 Å². The first kappa shape index (κ1) is 25.1. The van der Waals surface area contributed by atoms with Gasteiger partial charge in [0.25, 0.3) is 11.5 Å². The van der Waals surface area contributed by atoms with Gasteiger partial charge in [0.15, 0.2) is 16.3 Å². The molecule has 0 aliphatic carbocycles. The Kier molecular flexibility index (Phi) is 6.34. The highest BCUT2D eigenvalue weighted by Crippen LogP contribution is 2.39. The number of ether oxygens (including phenoxy) is 3. The number of para-hydroxylation sites is 1. The van der Waals surface area contributed by atoms with Crippen LogP contribution in [0.1, 0.15) is 50.8 Å². The van der Waals surface area contributed by atoms with Crippen LogP contribution in [0.15, 0.2) is 63.5 Å². The average molecular weight is 546 g/mol. The van der Waals surface area contributed by atoms with Gasteiger partial charge in [0, 0.05) is 12.1 Å². The van der Waals surface area contributed by atoms with Crippen molar-refractivity contribution in [1.29, 1.82) is 0 Å². The molecule has 0 saturated carbocycles. The largest absolute Gasteiger partial charge is 0.463 e. The van der Waals surface area contributed by atoms with Crippen LogP contribution >= 0.6 is 11.3 Å². The molecule has 0 fully saturated rings. The van der Waals surface area contributed by atoms with E-state index in [1.807, 2.05) is 44.2 Å². The smallest absolute Gasteiger partial charge is 0.338 e. The van der Waals surface area contributed by atoms with Crippen LogP contribution in [-0.2, 0) is 14.3 Å². The highest BCUT2D eigenvalue weighted by Gasteiger charge is 2.38. The lowest BCUT2D eigenvalue weighted by Crippen LogP contribution is -2.41. The summed E-state index contributed by atoms with van der Waals surface area (Å²) in [6.07, 6.45) is 1.27. The molecule has 0 bridgehead atoms. The molecule has 0 N–H and O–H groups in total. The summed E-state index contributed by atoms with van der Waals surface area (Å²) in [5, 5.41) is 0. The van der Waals surface area contributed by atoms with Crippen LogP contribution in [0.2, 0.25) is 0 Å². The van der Waals surface area contributed by atoms with E-state index in [9.17, 15) is 14.4 Å². The molecule has 10 heteroatoms. The van der Waals surface area contributed by atoms with Crippen LogP contribution in [0, 0.1) is 0 Å². The SMILES string of the molecule is CCCC1=C(C(=O)OCC)[C@H](c2ccc3c(c2)OCO3)n2c(s/c(=C3/C(=O)N(CC)c4ccccc43)c2=O)=N1. The van der Waals surface area contributed by atoms with Crippen LogP contribution < -0.4 is 29.3 Å². The monoisotopic (exact) mass is 545 g/mol. The molecule has 0 radical (unpaired) electrons. The summed E-state index contributed by atoms with van der Waals surface area (Å²) in [4.78, 5) is 48.1.